The van der Waals surface area contributed by atoms with Crippen LogP contribution in [0, 0.1) is 0 Å². The Morgan fingerprint density at radius 2 is 2.08 bits per heavy atom. The van der Waals surface area contributed by atoms with Crippen LogP contribution in [-0.4, -0.2) is 49.8 Å². The zero-order chi connectivity index (χ0) is 19.7. The number of nitrogens with zero attached hydrogens (tertiary/aromatic N) is 1. The summed E-state index contributed by atoms with van der Waals surface area (Å²) in [7, 11) is 1.25. The van der Waals surface area contributed by atoms with E-state index >= 15 is 0 Å². The van der Waals surface area contributed by atoms with Crippen molar-refractivity contribution in [3.05, 3.63) is 15.8 Å². The molecular weight excluding hydrogens is 366 g/mol. The molecule has 146 valence electrons. The van der Waals surface area contributed by atoms with Gasteiger partial charge in [0.05, 0.1) is 19.3 Å². The molecule has 0 aromatic carbocycles. The van der Waals surface area contributed by atoms with Crippen LogP contribution in [-0.2, 0) is 15.9 Å². The minimum absolute atomic E-state index is 0.114. The molecule has 0 unspecified atom stereocenters. The second-order valence-electron chi connectivity index (χ2n) is 7.39. The van der Waals surface area contributed by atoms with Crippen molar-refractivity contribution in [1.82, 2.24) is 5.32 Å². The van der Waals surface area contributed by atoms with Gasteiger partial charge in [-0.25, -0.2) is 18.4 Å². The van der Waals surface area contributed by atoms with Crippen LogP contribution in [0.2, 0.25) is 0 Å². The van der Waals surface area contributed by atoms with Crippen molar-refractivity contribution in [1.29, 1.82) is 0 Å². The van der Waals surface area contributed by atoms with Gasteiger partial charge in [0.25, 0.3) is 5.92 Å². The molecule has 1 amide bonds. The highest BCUT2D eigenvalue weighted by Gasteiger charge is 2.41. The predicted molar refractivity (Wildman–Crippen MR) is 95.4 cm³/mol. The average molecular weight is 390 g/mol. The number of anilines is 1. The summed E-state index contributed by atoms with van der Waals surface area (Å²) in [5, 5.41) is 4.20. The Hall–Kier alpha value is -1.90. The maximum absolute atomic E-state index is 14.1. The molecule has 1 aromatic rings. The van der Waals surface area contributed by atoms with E-state index in [2.05, 4.69) is 5.32 Å². The van der Waals surface area contributed by atoms with Crippen molar-refractivity contribution < 1.29 is 27.8 Å². The summed E-state index contributed by atoms with van der Waals surface area (Å²) in [6.45, 7) is 6.50. The Morgan fingerprint density at radius 1 is 1.42 bits per heavy atom. The van der Waals surface area contributed by atoms with Gasteiger partial charge in [-0.3, -0.25) is 0 Å². The lowest BCUT2D eigenvalue weighted by Gasteiger charge is -2.36. The van der Waals surface area contributed by atoms with E-state index in [0.29, 0.717) is 16.1 Å². The van der Waals surface area contributed by atoms with Crippen LogP contribution in [0.3, 0.4) is 0 Å². The van der Waals surface area contributed by atoms with Crippen LogP contribution in [0.15, 0.2) is 5.38 Å². The number of methoxy groups -OCH3 is 1. The molecule has 1 atom stereocenters. The molecule has 0 saturated heterocycles. The highest BCUT2D eigenvalue weighted by atomic mass is 32.1. The van der Waals surface area contributed by atoms with E-state index < -0.39 is 42.6 Å². The molecule has 9 heteroatoms. The molecule has 0 radical (unpaired) electrons. The standard InChI is InChI=1S/C17H24F2N2O4S/c1-10(20-15(23)25-16(2,3)4)7-21-9-17(18,19)6-11-8-26-13(12(11)21)14(22)24-5/h8,10H,6-7,9H2,1-5H3,(H,20,23)/t10-/m1/s1. The highest BCUT2D eigenvalue weighted by Crippen LogP contribution is 2.41. The first-order valence-corrected chi connectivity index (χ1v) is 9.11. The van der Waals surface area contributed by atoms with Crippen LogP contribution >= 0.6 is 11.3 Å². The van der Waals surface area contributed by atoms with E-state index in [1.807, 2.05) is 0 Å². The second kappa shape index (κ2) is 7.38. The topological polar surface area (TPSA) is 67.9 Å². The third kappa shape index (κ3) is 5.06. The molecule has 2 heterocycles. The number of fused-ring (bicyclic) bond motifs is 1. The molecule has 1 aliphatic heterocycles. The van der Waals surface area contributed by atoms with Gasteiger partial charge >= 0.3 is 12.1 Å². The number of halogens is 2. The summed E-state index contributed by atoms with van der Waals surface area (Å²) in [4.78, 5) is 25.6. The quantitative estimate of drug-likeness (QED) is 0.798. The van der Waals surface area contributed by atoms with Crippen LogP contribution in [0.1, 0.15) is 42.9 Å². The first kappa shape index (κ1) is 20.4. The smallest absolute Gasteiger partial charge is 0.407 e. The fourth-order valence-electron chi connectivity index (χ4n) is 2.83. The highest BCUT2D eigenvalue weighted by molar-refractivity contribution is 7.12. The molecule has 0 saturated carbocycles. The summed E-state index contributed by atoms with van der Waals surface area (Å²) >= 11 is 1.09. The SMILES string of the molecule is COC(=O)c1scc2c1N(C[C@@H](C)NC(=O)OC(C)(C)C)CC(F)(F)C2. The molecule has 1 aromatic heterocycles. The lowest BCUT2D eigenvalue weighted by Crippen LogP contribution is -2.50. The van der Waals surface area contributed by atoms with Crippen LogP contribution in [0.25, 0.3) is 0 Å². The number of alkyl halides is 2. The number of hydrogen-bond donors (Lipinski definition) is 1. The number of nitrogens with one attached hydrogen (secondary N) is 1. The Labute approximate surface area is 155 Å². The number of rotatable bonds is 4. The summed E-state index contributed by atoms with van der Waals surface area (Å²) in [6, 6.07) is -0.461. The predicted octanol–water partition coefficient (Wildman–Crippen LogP) is 3.45. The van der Waals surface area contributed by atoms with E-state index in [4.69, 9.17) is 9.47 Å². The Morgan fingerprint density at radius 3 is 2.65 bits per heavy atom. The van der Waals surface area contributed by atoms with Crippen LogP contribution in [0.4, 0.5) is 19.3 Å². The van der Waals surface area contributed by atoms with Crippen molar-refractivity contribution in [2.45, 2.75) is 51.7 Å². The number of carbonyl (C=O) groups is 2. The number of thiophene rings is 1. The van der Waals surface area contributed by atoms with Crippen molar-refractivity contribution in [3.8, 4) is 0 Å². The lowest BCUT2D eigenvalue weighted by atomic mass is 10.0. The van der Waals surface area contributed by atoms with E-state index in [9.17, 15) is 18.4 Å². The second-order valence-corrected chi connectivity index (χ2v) is 8.27. The average Bonchev–Trinajstić information content (AvgIpc) is 2.86. The van der Waals surface area contributed by atoms with Crippen molar-refractivity contribution in [3.63, 3.8) is 0 Å². The van der Waals surface area contributed by atoms with E-state index in [-0.39, 0.29) is 6.54 Å². The van der Waals surface area contributed by atoms with Crippen molar-refractivity contribution in [2.24, 2.45) is 0 Å². The van der Waals surface area contributed by atoms with E-state index in [1.165, 1.54) is 12.0 Å². The molecule has 0 spiro atoms. The van der Waals surface area contributed by atoms with Gasteiger partial charge in [-0.2, -0.15) is 0 Å². The number of carbonyl (C=O) groups excluding carboxylic acids is 2. The fourth-order valence-corrected chi connectivity index (χ4v) is 3.84. The van der Waals surface area contributed by atoms with Gasteiger partial charge in [-0.1, -0.05) is 0 Å². The zero-order valence-corrected chi connectivity index (χ0v) is 16.3. The van der Waals surface area contributed by atoms with E-state index in [0.717, 1.165) is 11.3 Å². The lowest BCUT2D eigenvalue weighted by molar-refractivity contribution is 0.00502. The summed E-state index contributed by atoms with van der Waals surface area (Å²) in [5.41, 5.74) is 0.224. The summed E-state index contributed by atoms with van der Waals surface area (Å²) < 4.78 is 38.1. The Bertz CT molecular complexity index is 685. The molecule has 26 heavy (non-hydrogen) atoms. The molecule has 1 aliphatic rings. The molecule has 0 aliphatic carbocycles. The maximum atomic E-state index is 14.1. The monoisotopic (exact) mass is 390 g/mol. The molecule has 6 nitrogen and oxygen atoms in total. The van der Waals surface area contributed by atoms with Gasteiger partial charge in [-0.05, 0) is 38.6 Å². The van der Waals surface area contributed by atoms with Gasteiger partial charge < -0.3 is 19.7 Å². The van der Waals surface area contributed by atoms with Gasteiger partial charge in [0.15, 0.2) is 0 Å². The zero-order valence-electron chi connectivity index (χ0n) is 15.5. The van der Waals surface area contributed by atoms with Gasteiger partial charge in [0.2, 0.25) is 0 Å². The number of hydrogen-bond acceptors (Lipinski definition) is 6. The van der Waals surface area contributed by atoms with Crippen LogP contribution in [0.5, 0.6) is 0 Å². The third-order valence-electron chi connectivity index (χ3n) is 3.65. The van der Waals surface area contributed by atoms with E-state index in [1.54, 1.807) is 33.1 Å². The molecule has 2 rings (SSSR count). The molecule has 0 bridgehead atoms. The van der Waals surface area contributed by atoms with Crippen molar-refractivity contribution in [2.75, 3.05) is 25.1 Å². The summed E-state index contributed by atoms with van der Waals surface area (Å²) in [6.07, 6.45) is -1.03. The summed E-state index contributed by atoms with van der Waals surface area (Å²) in [5.74, 6) is -3.47. The first-order chi connectivity index (χ1) is 11.9. The number of ether oxygens (including phenoxy) is 2. The normalized spacial score (nSPS) is 17.3. The van der Waals surface area contributed by atoms with Gasteiger partial charge in [0, 0.05) is 19.0 Å². The minimum Gasteiger partial charge on any atom is -0.465 e. The third-order valence-corrected chi connectivity index (χ3v) is 4.65. The van der Waals surface area contributed by atoms with Gasteiger partial charge in [-0.15, -0.1) is 11.3 Å². The minimum atomic E-state index is -2.91. The van der Waals surface area contributed by atoms with Crippen LogP contribution < -0.4 is 10.2 Å². The number of esters is 1. The number of alkyl carbamates (subject to hydrolysis) is 1. The first-order valence-electron chi connectivity index (χ1n) is 8.23. The number of amides is 1. The largest absolute Gasteiger partial charge is 0.465 e. The fraction of sp³-hybridized carbons (Fsp3) is 0.647. The Kier molecular flexibility index (Phi) is 5.79. The Balaban J connectivity index is 2.17. The molecular formula is C17H24F2N2O4S. The van der Waals surface area contributed by atoms with Crippen molar-refractivity contribution >= 4 is 29.1 Å². The maximum Gasteiger partial charge on any atom is 0.407 e. The van der Waals surface area contributed by atoms with Gasteiger partial charge in [0.1, 0.15) is 10.5 Å². The molecule has 1 N–H and O–H groups in total. The molecule has 0 fully saturated rings.